The number of hydrogen-bond acceptors (Lipinski definition) is 7. The molecule has 0 bridgehead atoms. The zero-order chi connectivity index (χ0) is 18.5. The minimum atomic E-state index is 0.246. The van der Waals surface area contributed by atoms with Crippen molar-refractivity contribution < 1.29 is 9.15 Å². The maximum absolute atomic E-state index is 5.66. The third-order valence-electron chi connectivity index (χ3n) is 4.08. The lowest BCUT2D eigenvalue weighted by atomic mass is 10.1. The van der Waals surface area contributed by atoms with Crippen LogP contribution in [0.4, 0.5) is 0 Å². The van der Waals surface area contributed by atoms with Gasteiger partial charge in [0.1, 0.15) is 5.75 Å². The lowest BCUT2D eigenvalue weighted by Crippen LogP contribution is -2.02. The highest BCUT2D eigenvalue weighted by molar-refractivity contribution is 5.43. The number of methoxy groups -OCH3 is 1. The standard InChI is InChI=1S/C18H24N6O2/c1-5-16-19-23-24(22-16)14-9-10-15(25-4)13(11-14)7-6-8-17-20-21-18(26-17)12(2)3/h9-12H,5-8H2,1-4H3. The number of ether oxygens (including phenoxy) is 1. The van der Waals surface area contributed by atoms with Crippen LogP contribution in [0.3, 0.4) is 0 Å². The van der Waals surface area contributed by atoms with Gasteiger partial charge >= 0.3 is 0 Å². The van der Waals surface area contributed by atoms with Gasteiger partial charge in [-0.25, -0.2) is 0 Å². The average molecular weight is 356 g/mol. The van der Waals surface area contributed by atoms with Gasteiger partial charge in [-0.3, -0.25) is 0 Å². The van der Waals surface area contributed by atoms with Crippen LogP contribution in [0, 0.1) is 0 Å². The van der Waals surface area contributed by atoms with Crippen LogP contribution in [-0.2, 0) is 19.3 Å². The van der Waals surface area contributed by atoms with Crippen LogP contribution in [0.15, 0.2) is 22.6 Å². The lowest BCUT2D eigenvalue weighted by Gasteiger charge is -2.09. The molecule has 3 rings (SSSR count). The zero-order valence-electron chi connectivity index (χ0n) is 15.6. The van der Waals surface area contributed by atoms with E-state index in [-0.39, 0.29) is 5.92 Å². The Kier molecular flexibility index (Phi) is 5.60. The molecule has 2 heterocycles. The summed E-state index contributed by atoms with van der Waals surface area (Å²) in [4.78, 5) is 1.55. The first kappa shape index (κ1) is 18.0. The average Bonchev–Trinajstić information content (AvgIpc) is 3.31. The molecule has 0 spiro atoms. The van der Waals surface area contributed by atoms with Crippen molar-refractivity contribution >= 4 is 0 Å². The molecule has 0 aliphatic rings. The van der Waals surface area contributed by atoms with Crippen molar-refractivity contribution in [1.29, 1.82) is 0 Å². The third-order valence-corrected chi connectivity index (χ3v) is 4.08. The molecule has 0 aliphatic carbocycles. The number of hydrogen-bond donors (Lipinski definition) is 0. The van der Waals surface area contributed by atoms with Crippen molar-refractivity contribution in [2.45, 2.75) is 52.4 Å². The van der Waals surface area contributed by atoms with Crippen LogP contribution >= 0.6 is 0 Å². The van der Waals surface area contributed by atoms with Gasteiger partial charge in [0.25, 0.3) is 0 Å². The Balaban J connectivity index is 1.70. The van der Waals surface area contributed by atoms with Crippen molar-refractivity contribution in [3.05, 3.63) is 41.4 Å². The second-order valence-corrected chi connectivity index (χ2v) is 6.39. The van der Waals surface area contributed by atoms with Crippen molar-refractivity contribution in [2.75, 3.05) is 7.11 Å². The summed E-state index contributed by atoms with van der Waals surface area (Å²) in [5, 5.41) is 20.7. The predicted molar refractivity (Wildman–Crippen MR) is 95.5 cm³/mol. The van der Waals surface area contributed by atoms with Gasteiger partial charge in [-0.05, 0) is 41.8 Å². The van der Waals surface area contributed by atoms with Gasteiger partial charge in [0.15, 0.2) is 5.82 Å². The maximum Gasteiger partial charge on any atom is 0.219 e. The minimum Gasteiger partial charge on any atom is -0.496 e. The second kappa shape index (κ2) is 8.07. The van der Waals surface area contributed by atoms with Gasteiger partial charge in [0.05, 0.1) is 12.8 Å². The molecule has 0 amide bonds. The Labute approximate surface area is 152 Å². The van der Waals surface area contributed by atoms with Crippen molar-refractivity contribution in [2.24, 2.45) is 0 Å². The van der Waals surface area contributed by atoms with Crippen LogP contribution in [0.5, 0.6) is 5.75 Å². The Morgan fingerprint density at radius 1 is 1.15 bits per heavy atom. The van der Waals surface area contributed by atoms with Crippen molar-refractivity contribution in [3.8, 4) is 11.4 Å². The molecule has 0 aliphatic heterocycles. The fraction of sp³-hybridized carbons (Fsp3) is 0.500. The smallest absolute Gasteiger partial charge is 0.219 e. The molecule has 0 saturated carbocycles. The van der Waals surface area contributed by atoms with Gasteiger partial charge in [-0.1, -0.05) is 20.8 Å². The number of tetrazole rings is 1. The predicted octanol–water partition coefficient (Wildman–Crippen LogP) is 2.92. The van der Waals surface area contributed by atoms with Gasteiger partial charge in [0, 0.05) is 18.8 Å². The normalized spacial score (nSPS) is 11.3. The summed E-state index contributed by atoms with van der Waals surface area (Å²) in [6, 6.07) is 5.90. The van der Waals surface area contributed by atoms with E-state index in [9.17, 15) is 0 Å². The molecule has 0 fully saturated rings. The summed E-state index contributed by atoms with van der Waals surface area (Å²) < 4.78 is 11.1. The Bertz CT molecular complexity index is 855. The molecule has 8 heteroatoms. The fourth-order valence-corrected chi connectivity index (χ4v) is 2.61. The molecule has 0 radical (unpaired) electrons. The van der Waals surface area contributed by atoms with E-state index >= 15 is 0 Å². The summed E-state index contributed by atoms with van der Waals surface area (Å²) in [6.07, 6.45) is 3.19. The number of aromatic nitrogens is 6. The maximum atomic E-state index is 5.66. The highest BCUT2D eigenvalue weighted by Crippen LogP contribution is 2.23. The van der Waals surface area contributed by atoms with Crippen LogP contribution in [0.2, 0.25) is 0 Å². The van der Waals surface area contributed by atoms with E-state index in [1.807, 2.05) is 39.0 Å². The van der Waals surface area contributed by atoms with Gasteiger partial charge in [-0.2, -0.15) is 0 Å². The van der Waals surface area contributed by atoms with Crippen LogP contribution in [-0.4, -0.2) is 37.5 Å². The fourth-order valence-electron chi connectivity index (χ4n) is 2.61. The Morgan fingerprint density at radius 3 is 2.65 bits per heavy atom. The molecule has 8 nitrogen and oxygen atoms in total. The Hall–Kier alpha value is -2.77. The second-order valence-electron chi connectivity index (χ2n) is 6.39. The summed E-state index contributed by atoms with van der Waals surface area (Å²) in [7, 11) is 1.67. The summed E-state index contributed by atoms with van der Waals surface area (Å²) in [5.74, 6) is 3.17. The van der Waals surface area contributed by atoms with Crippen molar-refractivity contribution in [1.82, 2.24) is 30.4 Å². The van der Waals surface area contributed by atoms with E-state index in [0.717, 1.165) is 48.5 Å². The molecular weight excluding hydrogens is 332 g/mol. The summed E-state index contributed by atoms with van der Waals surface area (Å²) >= 11 is 0. The first-order valence-corrected chi connectivity index (χ1v) is 8.89. The molecule has 3 aromatic rings. The highest BCUT2D eigenvalue weighted by Gasteiger charge is 2.12. The highest BCUT2D eigenvalue weighted by atomic mass is 16.5. The van der Waals surface area contributed by atoms with E-state index in [0.29, 0.717) is 11.8 Å². The van der Waals surface area contributed by atoms with Crippen LogP contribution in [0.25, 0.3) is 5.69 Å². The van der Waals surface area contributed by atoms with E-state index in [1.54, 1.807) is 11.9 Å². The number of benzene rings is 1. The molecule has 26 heavy (non-hydrogen) atoms. The lowest BCUT2D eigenvalue weighted by molar-refractivity contribution is 0.406. The van der Waals surface area contributed by atoms with Gasteiger partial charge < -0.3 is 9.15 Å². The van der Waals surface area contributed by atoms with Gasteiger partial charge in [-0.15, -0.1) is 25.2 Å². The Morgan fingerprint density at radius 2 is 2.00 bits per heavy atom. The summed E-state index contributed by atoms with van der Waals surface area (Å²) in [6.45, 7) is 6.08. The number of nitrogens with zero attached hydrogens (tertiary/aromatic N) is 6. The number of rotatable bonds is 8. The monoisotopic (exact) mass is 356 g/mol. The zero-order valence-corrected chi connectivity index (χ0v) is 15.6. The first-order chi connectivity index (χ1) is 12.6. The first-order valence-electron chi connectivity index (χ1n) is 8.89. The molecule has 0 N–H and O–H groups in total. The van der Waals surface area contributed by atoms with E-state index in [4.69, 9.17) is 9.15 Å². The van der Waals surface area contributed by atoms with Crippen LogP contribution < -0.4 is 4.74 Å². The van der Waals surface area contributed by atoms with Gasteiger partial charge in [0.2, 0.25) is 11.8 Å². The molecule has 0 atom stereocenters. The molecule has 138 valence electrons. The molecule has 0 unspecified atom stereocenters. The molecule has 0 saturated heterocycles. The summed E-state index contributed by atoms with van der Waals surface area (Å²) in [5.41, 5.74) is 1.96. The van der Waals surface area contributed by atoms with E-state index in [1.165, 1.54) is 0 Å². The quantitative estimate of drug-likeness (QED) is 0.613. The SMILES string of the molecule is CCc1nnn(-c2ccc(OC)c(CCCc3nnc(C(C)C)o3)c2)n1. The molecule has 2 aromatic heterocycles. The molecule has 1 aromatic carbocycles. The van der Waals surface area contributed by atoms with Crippen LogP contribution in [0.1, 0.15) is 56.3 Å². The van der Waals surface area contributed by atoms with E-state index < -0.39 is 0 Å². The molecular formula is C18H24N6O2. The minimum absolute atomic E-state index is 0.246. The van der Waals surface area contributed by atoms with Crippen molar-refractivity contribution in [3.63, 3.8) is 0 Å². The number of aryl methyl sites for hydroxylation is 3. The van der Waals surface area contributed by atoms with E-state index in [2.05, 4.69) is 25.6 Å². The largest absolute Gasteiger partial charge is 0.496 e. The topological polar surface area (TPSA) is 91.8 Å². The third kappa shape index (κ3) is 4.07.